The zero-order valence-corrected chi connectivity index (χ0v) is 20.9. The lowest BCUT2D eigenvalue weighted by Crippen LogP contribution is -2.45. The van der Waals surface area contributed by atoms with Gasteiger partial charge in [-0.3, -0.25) is 19.3 Å². The van der Waals surface area contributed by atoms with Crippen molar-refractivity contribution in [2.45, 2.75) is 32.7 Å². The number of hydrogen-bond acceptors (Lipinski definition) is 6. The Morgan fingerprint density at radius 2 is 1.80 bits per heavy atom. The highest BCUT2D eigenvalue weighted by atomic mass is 32.1. The lowest BCUT2D eigenvalue weighted by molar-refractivity contribution is -0.127. The van der Waals surface area contributed by atoms with Crippen LogP contribution in [-0.4, -0.2) is 43.0 Å². The molecule has 0 aliphatic carbocycles. The molecule has 0 unspecified atom stereocenters. The van der Waals surface area contributed by atoms with Crippen molar-refractivity contribution in [2.75, 3.05) is 30.5 Å². The van der Waals surface area contributed by atoms with E-state index in [1.807, 2.05) is 62.4 Å². The lowest BCUT2D eigenvalue weighted by atomic mass is 10.00. The highest BCUT2D eigenvalue weighted by Gasteiger charge is 2.33. The summed E-state index contributed by atoms with van der Waals surface area (Å²) in [7, 11) is 1.56. The fraction of sp³-hybridized carbons (Fsp3) is 0.308. The van der Waals surface area contributed by atoms with Crippen molar-refractivity contribution in [3.8, 4) is 0 Å². The molecule has 3 amide bonds. The molecule has 8 nitrogen and oxygen atoms in total. The normalized spacial score (nSPS) is 11.5. The number of aryl methyl sites for hydroxylation is 2. The predicted molar refractivity (Wildman–Crippen MR) is 137 cm³/mol. The van der Waals surface area contributed by atoms with Crippen LogP contribution in [0.2, 0.25) is 0 Å². The molecule has 0 aliphatic rings. The standard InChI is InChI=1S/C26H30N4O4S/c1-18-8-10-20(11-9-18)24(25(33)27-14-16-34-3)30(21-7-5-4-6-19(21)2)23(32)13-12-22(31)29-26-28-15-17-35-26/h4-11,15,17,24H,12-14,16H2,1-3H3,(H,27,33)(H,28,29,31)/t24-/m1/s1. The Morgan fingerprint density at radius 1 is 1.06 bits per heavy atom. The Labute approximate surface area is 209 Å². The second-order valence-corrected chi connectivity index (χ2v) is 8.93. The Hall–Kier alpha value is -3.56. The highest BCUT2D eigenvalue weighted by Crippen LogP contribution is 2.31. The summed E-state index contributed by atoms with van der Waals surface area (Å²) in [4.78, 5) is 45.0. The molecule has 0 bridgehead atoms. The molecule has 184 valence electrons. The molecule has 2 aromatic carbocycles. The number of hydrogen-bond donors (Lipinski definition) is 2. The molecular weight excluding hydrogens is 464 g/mol. The number of nitrogens with one attached hydrogen (secondary N) is 2. The molecule has 1 aromatic heterocycles. The van der Waals surface area contributed by atoms with Gasteiger partial charge in [0.15, 0.2) is 5.13 Å². The van der Waals surface area contributed by atoms with Crippen molar-refractivity contribution in [1.82, 2.24) is 10.3 Å². The minimum Gasteiger partial charge on any atom is -0.383 e. The summed E-state index contributed by atoms with van der Waals surface area (Å²) in [5.74, 6) is -0.967. The van der Waals surface area contributed by atoms with E-state index in [2.05, 4.69) is 15.6 Å². The van der Waals surface area contributed by atoms with Gasteiger partial charge in [0.25, 0.3) is 0 Å². The van der Waals surface area contributed by atoms with E-state index in [-0.39, 0.29) is 30.6 Å². The van der Waals surface area contributed by atoms with E-state index in [0.717, 1.165) is 11.1 Å². The minimum atomic E-state index is -0.914. The first kappa shape index (κ1) is 26.1. The van der Waals surface area contributed by atoms with Crippen LogP contribution in [0.3, 0.4) is 0 Å². The summed E-state index contributed by atoms with van der Waals surface area (Å²) in [6.45, 7) is 4.51. The van der Waals surface area contributed by atoms with Gasteiger partial charge >= 0.3 is 0 Å². The number of ether oxygens (including phenoxy) is 1. The summed E-state index contributed by atoms with van der Waals surface area (Å²) in [6, 6.07) is 14.0. The molecule has 1 atom stereocenters. The number of methoxy groups -OCH3 is 1. The highest BCUT2D eigenvalue weighted by molar-refractivity contribution is 7.13. The van der Waals surface area contributed by atoms with Crippen molar-refractivity contribution in [2.24, 2.45) is 0 Å². The summed E-state index contributed by atoms with van der Waals surface area (Å²) in [5.41, 5.74) is 3.18. The molecule has 0 saturated heterocycles. The molecule has 35 heavy (non-hydrogen) atoms. The number of anilines is 2. The van der Waals surface area contributed by atoms with E-state index in [4.69, 9.17) is 4.74 Å². The molecule has 2 N–H and O–H groups in total. The quantitative estimate of drug-likeness (QED) is 0.392. The molecule has 0 aliphatic heterocycles. The Morgan fingerprint density at radius 3 is 2.46 bits per heavy atom. The first-order valence-corrected chi connectivity index (χ1v) is 12.2. The number of rotatable bonds is 11. The zero-order chi connectivity index (χ0) is 25.2. The largest absolute Gasteiger partial charge is 0.383 e. The third-order valence-corrected chi connectivity index (χ3v) is 6.08. The van der Waals surface area contributed by atoms with Crippen LogP contribution in [0.4, 0.5) is 10.8 Å². The van der Waals surface area contributed by atoms with Crippen LogP contribution in [0.1, 0.15) is 35.6 Å². The van der Waals surface area contributed by atoms with E-state index < -0.39 is 6.04 Å². The number of aromatic nitrogens is 1. The fourth-order valence-corrected chi connectivity index (χ4v) is 4.14. The van der Waals surface area contributed by atoms with Gasteiger partial charge in [-0.15, -0.1) is 11.3 Å². The maximum Gasteiger partial charge on any atom is 0.247 e. The third-order valence-electron chi connectivity index (χ3n) is 5.39. The zero-order valence-electron chi connectivity index (χ0n) is 20.1. The van der Waals surface area contributed by atoms with Crippen molar-refractivity contribution >= 4 is 39.9 Å². The maximum atomic E-state index is 13.6. The summed E-state index contributed by atoms with van der Waals surface area (Å²) in [5, 5.41) is 7.81. The third kappa shape index (κ3) is 7.21. The van der Waals surface area contributed by atoms with E-state index in [9.17, 15) is 14.4 Å². The van der Waals surface area contributed by atoms with Crippen molar-refractivity contribution in [1.29, 1.82) is 0 Å². The van der Waals surface area contributed by atoms with Gasteiger partial charge in [0, 0.05) is 43.8 Å². The monoisotopic (exact) mass is 494 g/mol. The van der Waals surface area contributed by atoms with Gasteiger partial charge < -0.3 is 15.4 Å². The van der Waals surface area contributed by atoms with Crippen LogP contribution in [-0.2, 0) is 19.1 Å². The molecule has 3 aromatic rings. The van der Waals surface area contributed by atoms with Gasteiger partial charge in [-0.2, -0.15) is 0 Å². The number of carbonyl (C=O) groups is 3. The molecule has 0 saturated carbocycles. The molecule has 1 heterocycles. The average molecular weight is 495 g/mol. The molecule has 0 fully saturated rings. The molecule has 9 heteroatoms. The topological polar surface area (TPSA) is 101 Å². The van der Waals surface area contributed by atoms with Crippen LogP contribution in [0.15, 0.2) is 60.1 Å². The Balaban J connectivity index is 1.92. The van der Waals surface area contributed by atoms with Gasteiger partial charge in [0.2, 0.25) is 17.7 Å². The SMILES string of the molecule is COCCNC(=O)[C@@H](c1ccc(C)cc1)N(C(=O)CCC(=O)Nc1nccs1)c1ccccc1C. The van der Waals surface area contributed by atoms with Crippen molar-refractivity contribution < 1.29 is 19.1 Å². The van der Waals surface area contributed by atoms with Gasteiger partial charge in [-0.1, -0.05) is 48.0 Å². The number of nitrogens with zero attached hydrogens (tertiary/aromatic N) is 2. The van der Waals surface area contributed by atoms with E-state index in [1.165, 1.54) is 16.2 Å². The van der Waals surface area contributed by atoms with Crippen LogP contribution in [0, 0.1) is 13.8 Å². The molecule has 0 spiro atoms. The van der Waals surface area contributed by atoms with E-state index in [0.29, 0.717) is 29.5 Å². The predicted octanol–water partition coefficient (Wildman–Crippen LogP) is 4.02. The summed E-state index contributed by atoms with van der Waals surface area (Å²) < 4.78 is 5.07. The van der Waals surface area contributed by atoms with Gasteiger partial charge in [-0.25, -0.2) is 4.98 Å². The lowest BCUT2D eigenvalue weighted by Gasteiger charge is -2.32. The van der Waals surface area contributed by atoms with Crippen molar-refractivity contribution in [3.63, 3.8) is 0 Å². The van der Waals surface area contributed by atoms with Crippen LogP contribution >= 0.6 is 11.3 Å². The summed E-state index contributed by atoms with van der Waals surface area (Å²) >= 11 is 1.31. The van der Waals surface area contributed by atoms with Crippen LogP contribution in [0.25, 0.3) is 0 Å². The van der Waals surface area contributed by atoms with Crippen molar-refractivity contribution in [3.05, 3.63) is 76.8 Å². The number of amides is 3. The molecular formula is C26H30N4O4S. The number of para-hydroxylation sites is 1. The second-order valence-electron chi connectivity index (χ2n) is 8.03. The fourth-order valence-electron chi connectivity index (χ4n) is 3.60. The first-order valence-electron chi connectivity index (χ1n) is 11.3. The molecule has 0 radical (unpaired) electrons. The van der Waals surface area contributed by atoms with Gasteiger partial charge in [-0.05, 0) is 31.0 Å². The van der Waals surface area contributed by atoms with Crippen LogP contribution < -0.4 is 15.5 Å². The number of benzene rings is 2. The van der Waals surface area contributed by atoms with Gasteiger partial charge in [0.1, 0.15) is 6.04 Å². The number of thiazole rings is 1. The average Bonchev–Trinajstić information content (AvgIpc) is 3.35. The second kappa shape index (κ2) is 12.8. The number of carbonyl (C=O) groups excluding carboxylic acids is 3. The minimum absolute atomic E-state index is 0.0350. The van der Waals surface area contributed by atoms with Crippen LogP contribution in [0.5, 0.6) is 0 Å². The van der Waals surface area contributed by atoms with E-state index in [1.54, 1.807) is 18.7 Å². The summed E-state index contributed by atoms with van der Waals surface area (Å²) in [6.07, 6.45) is 1.49. The van der Waals surface area contributed by atoms with E-state index >= 15 is 0 Å². The maximum absolute atomic E-state index is 13.6. The first-order chi connectivity index (χ1) is 16.9. The molecule has 3 rings (SSSR count). The Bertz CT molecular complexity index is 1130. The smallest absolute Gasteiger partial charge is 0.247 e. The Kier molecular flexibility index (Phi) is 9.51. The van der Waals surface area contributed by atoms with Gasteiger partial charge in [0.05, 0.1) is 6.61 Å².